The molecule has 1 aliphatic rings. The molecule has 0 fully saturated rings. The Balaban J connectivity index is 2.00. The molecule has 1 aromatic carbocycles. The quantitative estimate of drug-likeness (QED) is 0.901. The van der Waals surface area contributed by atoms with E-state index in [9.17, 15) is 8.42 Å². The predicted molar refractivity (Wildman–Crippen MR) is 72.1 cm³/mol. The molecule has 5 heteroatoms. The smallest absolute Gasteiger partial charge is 0.152 e. The Hall–Kier alpha value is -0.520. The number of sulfone groups is 1. The van der Waals surface area contributed by atoms with E-state index >= 15 is 0 Å². The Morgan fingerprint density at radius 3 is 2.82 bits per heavy atom. The lowest BCUT2D eigenvalue weighted by atomic mass is 10.1. The van der Waals surface area contributed by atoms with E-state index < -0.39 is 9.84 Å². The third kappa shape index (κ3) is 3.47. The molecule has 1 aliphatic heterocycles. The van der Waals surface area contributed by atoms with Gasteiger partial charge >= 0.3 is 0 Å². The van der Waals surface area contributed by atoms with Crippen molar-refractivity contribution >= 4 is 21.6 Å². The van der Waals surface area contributed by atoms with E-state index in [0.29, 0.717) is 0 Å². The first-order valence-electron chi connectivity index (χ1n) is 5.67. The second kappa shape index (κ2) is 5.00. The van der Waals surface area contributed by atoms with Gasteiger partial charge in [-0.25, -0.2) is 8.42 Å². The van der Waals surface area contributed by atoms with Crippen molar-refractivity contribution in [1.82, 2.24) is 0 Å². The molecule has 1 heterocycles. The Kier molecular flexibility index (Phi) is 3.80. The van der Waals surface area contributed by atoms with Gasteiger partial charge in [0.2, 0.25) is 0 Å². The highest BCUT2D eigenvalue weighted by molar-refractivity contribution is 8.01. The van der Waals surface area contributed by atoms with Gasteiger partial charge in [-0.15, -0.1) is 11.8 Å². The highest BCUT2D eigenvalue weighted by atomic mass is 32.2. The van der Waals surface area contributed by atoms with Crippen LogP contribution in [0.5, 0.6) is 0 Å². The van der Waals surface area contributed by atoms with Crippen LogP contribution in [0.1, 0.15) is 12.5 Å². The summed E-state index contributed by atoms with van der Waals surface area (Å²) in [6.45, 7) is 1.73. The zero-order valence-electron chi connectivity index (χ0n) is 9.80. The molecule has 0 aliphatic carbocycles. The molecule has 0 bridgehead atoms. The summed E-state index contributed by atoms with van der Waals surface area (Å²) in [4.78, 5) is 1.22. The van der Waals surface area contributed by atoms with Crippen LogP contribution >= 0.6 is 11.8 Å². The average Bonchev–Trinajstić information content (AvgIpc) is 2.55. The van der Waals surface area contributed by atoms with Gasteiger partial charge < -0.3 is 5.73 Å². The lowest BCUT2D eigenvalue weighted by Crippen LogP contribution is -2.30. The van der Waals surface area contributed by atoms with Crippen LogP contribution in [0.15, 0.2) is 29.2 Å². The molecule has 3 nitrogen and oxygen atoms in total. The fourth-order valence-corrected chi connectivity index (χ4v) is 5.70. The minimum atomic E-state index is -3.03. The van der Waals surface area contributed by atoms with Gasteiger partial charge in [0.05, 0.1) is 11.5 Å². The molecule has 2 N–H and O–H groups in total. The normalized spacial score (nSPS) is 21.2. The van der Waals surface area contributed by atoms with Gasteiger partial charge in [0.25, 0.3) is 0 Å². The maximum absolute atomic E-state index is 11.9. The fraction of sp³-hybridized carbons (Fsp3) is 0.500. The first kappa shape index (κ1) is 12.9. The molecular weight excluding hydrogens is 254 g/mol. The predicted octanol–water partition coefficient (Wildman–Crippen LogP) is 1.47. The lowest BCUT2D eigenvalue weighted by Gasteiger charge is -2.11. The van der Waals surface area contributed by atoms with Crippen molar-refractivity contribution in [3.63, 3.8) is 0 Å². The number of fused-ring (bicyclic) bond motifs is 1. The lowest BCUT2D eigenvalue weighted by molar-refractivity contribution is 0.588. The van der Waals surface area contributed by atoms with Crippen molar-refractivity contribution in [2.24, 2.45) is 5.73 Å². The Labute approximate surface area is 107 Å². The van der Waals surface area contributed by atoms with Gasteiger partial charge in [0.1, 0.15) is 0 Å². The van der Waals surface area contributed by atoms with Crippen LogP contribution in [-0.4, -0.2) is 31.2 Å². The monoisotopic (exact) mass is 271 g/mol. The zero-order valence-corrected chi connectivity index (χ0v) is 11.4. The highest BCUT2D eigenvalue weighted by Crippen LogP contribution is 2.37. The second-order valence-corrected chi connectivity index (χ2v) is 8.10. The third-order valence-corrected chi connectivity index (χ3v) is 6.14. The summed E-state index contributed by atoms with van der Waals surface area (Å²) in [5.74, 6) is 0.314. The number of rotatable bonds is 4. The minimum absolute atomic E-state index is 0.0837. The van der Waals surface area contributed by atoms with Crippen LogP contribution in [0.2, 0.25) is 0 Å². The van der Waals surface area contributed by atoms with Crippen LogP contribution in [-0.2, 0) is 16.3 Å². The summed E-state index contributed by atoms with van der Waals surface area (Å²) >= 11 is 1.67. The number of thioether (sulfide) groups is 1. The molecule has 0 radical (unpaired) electrons. The summed E-state index contributed by atoms with van der Waals surface area (Å²) in [6, 6.07) is 7.83. The Bertz CT molecular complexity index is 472. The van der Waals surface area contributed by atoms with Crippen LogP contribution in [0.3, 0.4) is 0 Å². The third-order valence-electron chi connectivity index (χ3n) is 2.67. The summed E-state index contributed by atoms with van der Waals surface area (Å²) in [6.07, 6.45) is 0.846. The van der Waals surface area contributed by atoms with E-state index in [1.54, 1.807) is 18.7 Å². The molecule has 17 heavy (non-hydrogen) atoms. The van der Waals surface area contributed by atoms with E-state index in [-0.39, 0.29) is 22.8 Å². The van der Waals surface area contributed by atoms with Crippen LogP contribution in [0.25, 0.3) is 0 Å². The molecule has 0 spiro atoms. The second-order valence-electron chi connectivity index (χ2n) is 4.61. The molecule has 2 rings (SSSR count). The van der Waals surface area contributed by atoms with Crippen molar-refractivity contribution in [3.8, 4) is 0 Å². The number of benzene rings is 1. The summed E-state index contributed by atoms with van der Waals surface area (Å²) < 4.78 is 23.7. The van der Waals surface area contributed by atoms with Crippen molar-refractivity contribution < 1.29 is 8.42 Å². The van der Waals surface area contributed by atoms with Crippen LogP contribution in [0.4, 0.5) is 0 Å². The molecule has 0 amide bonds. The molecule has 2 unspecified atom stereocenters. The molecule has 2 atom stereocenters. The van der Waals surface area contributed by atoms with Gasteiger partial charge in [0.15, 0.2) is 9.84 Å². The van der Waals surface area contributed by atoms with Crippen LogP contribution in [0, 0.1) is 0 Å². The van der Waals surface area contributed by atoms with E-state index in [1.165, 1.54) is 10.5 Å². The van der Waals surface area contributed by atoms with Crippen molar-refractivity contribution in [3.05, 3.63) is 29.8 Å². The van der Waals surface area contributed by atoms with Crippen LogP contribution < -0.4 is 5.73 Å². The van der Waals surface area contributed by atoms with Gasteiger partial charge in [-0.2, -0.15) is 0 Å². The van der Waals surface area contributed by atoms with Crippen molar-refractivity contribution in [2.45, 2.75) is 29.5 Å². The standard InChI is InChI=1S/C12H17NO2S2/c1-9(13)7-17(14,15)8-11-6-10-4-2-3-5-12(10)16-11/h2-5,9,11H,6-8,13H2,1H3. The summed E-state index contributed by atoms with van der Waals surface area (Å²) in [7, 11) is -3.03. The van der Waals surface area contributed by atoms with Gasteiger partial charge in [-0.05, 0) is 25.0 Å². The molecular formula is C12H17NO2S2. The van der Waals surface area contributed by atoms with Gasteiger partial charge in [0, 0.05) is 16.2 Å². The van der Waals surface area contributed by atoms with Gasteiger partial charge in [-0.1, -0.05) is 18.2 Å². The first-order valence-corrected chi connectivity index (χ1v) is 8.37. The topological polar surface area (TPSA) is 60.2 Å². The Morgan fingerprint density at radius 1 is 1.47 bits per heavy atom. The van der Waals surface area contributed by atoms with Gasteiger partial charge in [-0.3, -0.25) is 0 Å². The number of nitrogens with two attached hydrogens (primary N) is 1. The van der Waals surface area contributed by atoms with E-state index in [1.807, 2.05) is 12.1 Å². The SMILES string of the molecule is CC(N)CS(=O)(=O)CC1Cc2ccccc2S1. The number of hydrogen-bond donors (Lipinski definition) is 1. The maximum Gasteiger partial charge on any atom is 0.152 e. The highest BCUT2D eigenvalue weighted by Gasteiger charge is 2.27. The Morgan fingerprint density at radius 2 is 2.18 bits per heavy atom. The van der Waals surface area contributed by atoms with Crippen molar-refractivity contribution in [1.29, 1.82) is 0 Å². The van der Waals surface area contributed by atoms with E-state index in [4.69, 9.17) is 5.73 Å². The van der Waals surface area contributed by atoms with E-state index in [2.05, 4.69) is 12.1 Å². The fourth-order valence-electron chi connectivity index (χ4n) is 2.10. The minimum Gasteiger partial charge on any atom is -0.327 e. The average molecular weight is 271 g/mol. The van der Waals surface area contributed by atoms with E-state index in [0.717, 1.165) is 6.42 Å². The zero-order chi connectivity index (χ0) is 12.5. The largest absolute Gasteiger partial charge is 0.327 e. The summed E-state index contributed by atoms with van der Waals surface area (Å²) in [5, 5.41) is 0.149. The first-order chi connectivity index (χ1) is 7.96. The molecule has 0 saturated carbocycles. The molecule has 0 aromatic heterocycles. The molecule has 1 aromatic rings. The van der Waals surface area contributed by atoms with Crippen molar-refractivity contribution in [2.75, 3.05) is 11.5 Å². The molecule has 0 saturated heterocycles. The molecule has 94 valence electrons. The number of hydrogen-bond acceptors (Lipinski definition) is 4. The summed E-state index contributed by atoms with van der Waals surface area (Å²) in [5.41, 5.74) is 6.81. The maximum atomic E-state index is 11.9.